The van der Waals surface area contributed by atoms with Crippen molar-refractivity contribution in [2.45, 2.75) is 11.1 Å². The van der Waals surface area contributed by atoms with Crippen molar-refractivity contribution in [3.63, 3.8) is 0 Å². The van der Waals surface area contributed by atoms with Gasteiger partial charge in [-0.05, 0) is 41.6 Å². The molecule has 2 aromatic rings. The minimum absolute atomic E-state index is 0.563. The van der Waals surface area contributed by atoms with Crippen LogP contribution in [0.4, 0.5) is 13.2 Å². The second-order valence-electron chi connectivity index (χ2n) is 4.10. The van der Waals surface area contributed by atoms with Crippen LogP contribution in [0.15, 0.2) is 47.4 Å². The van der Waals surface area contributed by atoms with Gasteiger partial charge in [0.15, 0.2) is 0 Å². The average Bonchev–Trinajstić information content (AvgIpc) is 2.45. The van der Waals surface area contributed by atoms with Gasteiger partial charge < -0.3 is 0 Å². The predicted octanol–water partition coefficient (Wildman–Crippen LogP) is 4.97. The normalized spacial score (nSPS) is 11.2. The highest BCUT2D eigenvalue weighted by Crippen LogP contribution is 2.32. The maximum Gasteiger partial charge on any atom is 0.416 e. The first kappa shape index (κ1) is 14.5. The lowest BCUT2D eigenvalue weighted by atomic mass is 10.0. The Bertz CT molecular complexity index is 654. The van der Waals surface area contributed by atoms with Gasteiger partial charge in [0, 0.05) is 4.90 Å². The summed E-state index contributed by atoms with van der Waals surface area (Å²) in [5.74, 6) is 0. The third-order valence-corrected chi connectivity index (χ3v) is 3.65. The maximum atomic E-state index is 12.5. The van der Waals surface area contributed by atoms with E-state index in [4.69, 9.17) is 5.26 Å². The van der Waals surface area contributed by atoms with Crippen LogP contribution < -0.4 is 0 Å². The number of hydrogen-bond donors (Lipinski definition) is 0. The molecule has 0 aliphatic rings. The summed E-state index contributed by atoms with van der Waals surface area (Å²) in [6.07, 6.45) is -2.47. The number of hydrogen-bond acceptors (Lipinski definition) is 2. The summed E-state index contributed by atoms with van der Waals surface area (Å²) in [5.41, 5.74) is 1.38. The first-order valence-electron chi connectivity index (χ1n) is 5.71. The molecule has 0 N–H and O–H groups in total. The van der Waals surface area contributed by atoms with E-state index in [0.29, 0.717) is 11.1 Å². The van der Waals surface area contributed by atoms with Crippen molar-refractivity contribution in [2.75, 3.05) is 6.26 Å². The molecule has 0 fully saturated rings. The number of rotatable bonds is 2. The fourth-order valence-electron chi connectivity index (χ4n) is 1.81. The molecule has 0 unspecified atom stereocenters. The van der Waals surface area contributed by atoms with E-state index in [1.807, 2.05) is 12.3 Å². The Morgan fingerprint density at radius 1 is 1.00 bits per heavy atom. The van der Waals surface area contributed by atoms with Crippen molar-refractivity contribution in [1.82, 2.24) is 0 Å². The Morgan fingerprint density at radius 3 is 2.10 bits per heavy atom. The smallest absolute Gasteiger partial charge is 0.192 e. The van der Waals surface area contributed by atoms with E-state index >= 15 is 0 Å². The Labute approximate surface area is 119 Å². The third-order valence-electron chi connectivity index (χ3n) is 2.87. The lowest BCUT2D eigenvalue weighted by Crippen LogP contribution is -2.03. The van der Waals surface area contributed by atoms with Crippen LogP contribution in [0.1, 0.15) is 11.1 Å². The van der Waals surface area contributed by atoms with Crippen LogP contribution in [-0.4, -0.2) is 6.26 Å². The monoisotopic (exact) mass is 293 g/mol. The number of nitriles is 1. The molecule has 2 aromatic carbocycles. The molecule has 2 rings (SSSR count). The number of halogens is 3. The predicted molar refractivity (Wildman–Crippen MR) is 73.4 cm³/mol. The van der Waals surface area contributed by atoms with Crippen molar-refractivity contribution in [3.05, 3.63) is 53.6 Å². The van der Waals surface area contributed by atoms with Gasteiger partial charge in [-0.25, -0.2) is 0 Å². The molecule has 0 aromatic heterocycles. The fourth-order valence-corrected chi connectivity index (χ4v) is 2.39. The highest BCUT2D eigenvalue weighted by Gasteiger charge is 2.29. The fraction of sp³-hybridized carbons (Fsp3) is 0.133. The Morgan fingerprint density at radius 2 is 1.60 bits per heavy atom. The van der Waals surface area contributed by atoms with E-state index in [1.54, 1.807) is 12.1 Å². The van der Waals surface area contributed by atoms with Crippen molar-refractivity contribution in [1.29, 1.82) is 5.26 Å². The molecule has 0 atom stereocenters. The van der Waals surface area contributed by atoms with E-state index < -0.39 is 11.7 Å². The summed E-state index contributed by atoms with van der Waals surface area (Å²) in [6, 6.07) is 12.3. The molecule has 0 saturated heterocycles. The zero-order chi connectivity index (χ0) is 14.8. The van der Waals surface area contributed by atoms with Crippen molar-refractivity contribution < 1.29 is 13.2 Å². The van der Waals surface area contributed by atoms with E-state index in [-0.39, 0.29) is 0 Å². The zero-order valence-corrected chi connectivity index (χ0v) is 11.3. The lowest BCUT2D eigenvalue weighted by molar-refractivity contribution is -0.137. The second-order valence-corrected chi connectivity index (χ2v) is 4.95. The van der Waals surface area contributed by atoms with Gasteiger partial charge in [0.1, 0.15) is 6.07 Å². The Hall–Kier alpha value is -1.93. The summed E-state index contributed by atoms with van der Waals surface area (Å²) in [7, 11) is 0. The Balaban J connectivity index is 2.40. The van der Waals surface area contributed by atoms with Gasteiger partial charge in [-0.2, -0.15) is 18.4 Å². The van der Waals surface area contributed by atoms with E-state index in [1.165, 1.54) is 23.9 Å². The van der Waals surface area contributed by atoms with Crippen molar-refractivity contribution >= 4 is 11.8 Å². The molecular formula is C15H10F3NS. The van der Waals surface area contributed by atoms with Gasteiger partial charge in [-0.15, -0.1) is 11.8 Å². The first-order chi connectivity index (χ1) is 9.45. The highest BCUT2D eigenvalue weighted by atomic mass is 32.2. The van der Waals surface area contributed by atoms with Crippen LogP contribution in [0, 0.1) is 11.3 Å². The van der Waals surface area contributed by atoms with Crippen LogP contribution >= 0.6 is 11.8 Å². The lowest BCUT2D eigenvalue weighted by Gasteiger charge is -2.09. The molecule has 102 valence electrons. The molecule has 0 aliphatic heterocycles. The minimum atomic E-state index is -4.33. The molecule has 0 saturated carbocycles. The number of nitrogens with zero attached hydrogens (tertiary/aromatic N) is 1. The molecule has 20 heavy (non-hydrogen) atoms. The Kier molecular flexibility index (Phi) is 4.05. The summed E-state index contributed by atoms with van der Waals surface area (Å²) in [5, 5.41) is 8.95. The largest absolute Gasteiger partial charge is 0.416 e. The maximum absolute atomic E-state index is 12.5. The standard InChI is InChI=1S/C15H10F3NS/c1-20-14-8-11(2-3-12(14)9-19)10-4-6-13(7-5-10)15(16,17)18/h2-8H,1H3. The van der Waals surface area contributed by atoms with Crippen molar-refractivity contribution in [2.24, 2.45) is 0 Å². The number of thioether (sulfide) groups is 1. The van der Waals surface area contributed by atoms with E-state index in [2.05, 4.69) is 6.07 Å². The quantitative estimate of drug-likeness (QED) is 0.730. The molecule has 0 heterocycles. The van der Waals surface area contributed by atoms with E-state index in [0.717, 1.165) is 22.6 Å². The summed E-state index contributed by atoms with van der Waals surface area (Å²) in [4.78, 5) is 0.810. The highest BCUT2D eigenvalue weighted by molar-refractivity contribution is 7.98. The zero-order valence-electron chi connectivity index (χ0n) is 10.5. The van der Waals surface area contributed by atoms with Gasteiger partial charge in [-0.3, -0.25) is 0 Å². The molecule has 0 bridgehead atoms. The van der Waals surface area contributed by atoms with Gasteiger partial charge >= 0.3 is 6.18 Å². The van der Waals surface area contributed by atoms with Crippen molar-refractivity contribution in [3.8, 4) is 17.2 Å². The van der Waals surface area contributed by atoms with Gasteiger partial charge in [0.2, 0.25) is 0 Å². The van der Waals surface area contributed by atoms with Gasteiger partial charge in [0.05, 0.1) is 11.1 Å². The average molecular weight is 293 g/mol. The van der Waals surface area contributed by atoms with Crippen LogP contribution in [0.2, 0.25) is 0 Å². The molecule has 5 heteroatoms. The first-order valence-corrected chi connectivity index (χ1v) is 6.94. The molecule has 0 radical (unpaired) electrons. The van der Waals surface area contributed by atoms with E-state index in [9.17, 15) is 13.2 Å². The van der Waals surface area contributed by atoms with Crippen LogP contribution in [0.5, 0.6) is 0 Å². The topological polar surface area (TPSA) is 23.8 Å². The van der Waals surface area contributed by atoms with Gasteiger partial charge in [-0.1, -0.05) is 18.2 Å². The van der Waals surface area contributed by atoms with Crippen LogP contribution in [0.3, 0.4) is 0 Å². The van der Waals surface area contributed by atoms with Crippen LogP contribution in [-0.2, 0) is 6.18 Å². The summed E-state index contributed by atoms with van der Waals surface area (Å²) in [6.45, 7) is 0. The molecule has 0 aliphatic carbocycles. The molecular weight excluding hydrogens is 283 g/mol. The molecule has 0 spiro atoms. The second kappa shape index (κ2) is 5.59. The number of benzene rings is 2. The molecule has 1 nitrogen and oxygen atoms in total. The summed E-state index contributed by atoms with van der Waals surface area (Å²) < 4.78 is 37.5. The number of alkyl halides is 3. The van der Waals surface area contributed by atoms with Crippen LogP contribution in [0.25, 0.3) is 11.1 Å². The third kappa shape index (κ3) is 2.97. The summed E-state index contributed by atoms with van der Waals surface area (Å²) >= 11 is 1.43. The SMILES string of the molecule is CSc1cc(-c2ccc(C(F)(F)F)cc2)ccc1C#N. The molecule has 0 amide bonds. The van der Waals surface area contributed by atoms with Gasteiger partial charge in [0.25, 0.3) is 0 Å². The minimum Gasteiger partial charge on any atom is -0.192 e.